The van der Waals surface area contributed by atoms with Crippen molar-refractivity contribution in [2.24, 2.45) is 0 Å². The molecule has 0 aliphatic rings. The van der Waals surface area contributed by atoms with E-state index >= 15 is 0 Å². The highest BCUT2D eigenvalue weighted by Crippen LogP contribution is 2.20. The Labute approximate surface area is 158 Å². The standard InChI is InChI=1S/C20H15N3O3S/c1-12-5-3-4-6-15(12)17-21-20-23(22-17)18(24)16(27-20)11-13-7-9-14(10-8-13)19(25)26-2/h3-11H,1-2H3/b16-11-. The Hall–Kier alpha value is -3.32. The van der Waals surface area contributed by atoms with E-state index in [9.17, 15) is 9.59 Å². The van der Waals surface area contributed by atoms with Crippen molar-refractivity contribution in [2.45, 2.75) is 6.92 Å². The predicted molar refractivity (Wildman–Crippen MR) is 104 cm³/mol. The van der Waals surface area contributed by atoms with Crippen LogP contribution in [0.5, 0.6) is 0 Å². The number of hydrogen-bond donors (Lipinski definition) is 0. The average Bonchev–Trinajstić information content (AvgIpc) is 3.22. The van der Waals surface area contributed by atoms with Crippen molar-refractivity contribution in [3.8, 4) is 11.4 Å². The largest absolute Gasteiger partial charge is 0.465 e. The number of thiazole rings is 1. The van der Waals surface area contributed by atoms with E-state index in [0.717, 1.165) is 16.7 Å². The van der Waals surface area contributed by atoms with Gasteiger partial charge in [-0.15, -0.1) is 5.10 Å². The molecule has 0 aliphatic carbocycles. The first kappa shape index (κ1) is 17.1. The normalized spacial score (nSPS) is 11.9. The van der Waals surface area contributed by atoms with Crippen LogP contribution in [0.25, 0.3) is 22.4 Å². The summed E-state index contributed by atoms with van der Waals surface area (Å²) in [6.07, 6.45) is 1.76. The number of nitrogens with zero attached hydrogens (tertiary/aromatic N) is 3. The van der Waals surface area contributed by atoms with E-state index in [1.165, 1.54) is 23.0 Å². The highest BCUT2D eigenvalue weighted by atomic mass is 32.1. The monoisotopic (exact) mass is 377 g/mol. The van der Waals surface area contributed by atoms with Crippen LogP contribution in [-0.4, -0.2) is 27.7 Å². The molecule has 4 rings (SSSR count). The second kappa shape index (κ2) is 6.77. The van der Waals surface area contributed by atoms with Gasteiger partial charge < -0.3 is 4.74 Å². The van der Waals surface area contributed by atoms with Crippen LogP contribution in [0.4, 0.5) is 0 Å². The minimum atomic E-state index is -0.395. The molecule has 134 valence electrons. The van der Waals surface area contributed by atoms with Crippen molar-refractivity contribution >= 4 is 28.3 Å². The molecule has 0 atom stereocenters. The second-order valence-corrected chi connectivity index (χ2v) is 6.98. The van der Waals surface area contributed by atoms with Crippen molar-refractivity contribution in [3.63, 3.8) is 0 Å². The van der Waals surface area contributed by atoms with Gasteiger partial charge in [0.2, 0.25) is 4.96 Å². The summed E-state index contributed by atoms with van der Waals surface area (Å²) in [7, 11) is 1.34. The molecule has 0 aliphatic heterocycles. The first-order valence-electron chi connectivity index (χ1n) is 8.22. The van der Waals surface area contributed by atoms with Crippen LogP contribution in [0.1, 0.15) is 21.5 Å². The minimum Gasteiger partial charge on any atom is -0.465 e. The van der Waals surface area contributed by atoms with Gasteiger partial charge in [0.05, 0.1) is 17.2 Å². The molecule has 0 fully saturated rings. The van der Waals surface area contributed by atoms with Crippen LogP contribution >= 0.6 is 11.3 Å². The topological polar surface area (TPSA) is 73.6 Å². The summed E-state index contributed by atoms with van der Waals surface area (Å²) in [5.41, 5.74) is 3.03. The number of carbonyl (C=O) groups is 1. The van der Waals surface area contributed by atoms with E-state index in [1.807, 2.05) is 31.2 Å². The summed E-state index contributed by atoms with van der Waals surface area (Å²) in [4.78, 5) is 29.2. The van der Waals surface area contributed by atoms with Crippen LogP contribution in [0.2, 0.25) is 0 Å². The maximum Gasteiger partial charge on any atom is 0.337 e. The van der Waals surface area contributed by atoms with Gasteiger partial charge in [0.25, 0.3) is 5.56 Å². The molecule has 6 nitrogen and oxygen atoms in total. The predicted octanol–water partition coefficient (Wildman–Crippen LogP) is 2.46. The van der Waals surface area contributed by atoms with Crippen molar-refractivity contribution in [2.75, 3.05) is 7.11 Å². The van der Waals surface area contributed by atoms with E-state index in [4.69, 9.17) is 0 Å². The number of aromatic nitrogens is 3. The molecule has 0 amide bonds. The van der Waals surface area contributed by atoms with Gasteiger partial charge in [-0.3, -0.25) is 4.79 Å². The van der Waals surface area contributed by atoms with E-state index in [2.05, 4.69) is 14.8 Å². The van der Waals surface area contributed by atoms with Gasteiger partial charge in [0, 0.05) is 5.56 Å². The first-order valence-corrected chi connectivity index (χ1v) is 9.04. The quantitative estimate of drug-likeness (QED) is 0.513. The lowest BCUT2D eigenvalue weighted by Gasteiger charge is -1.99. The highest BCUT2D eigenvalue weighted by Gasteiger charge is 2.13. The number of aryl methyl sites for hydroxylation is 1. The number of rotatable bonds is 3. The SMILES string of the molecule is COC(=O)c1ccc(/C=c2\sc3nc(-c4ccccc4C)nn3c2=O)cc1. The maximum atomic E-state index is 12.6. The van der Waals surface area contributed by atoms with Crippen molar-refractivity contribution in [1.29, 1.82) is 0 Å². The summed E-state index contributed by atoms with van der Waals surface area (Å²) in [5, 5.41) is 4.38. The lowest BCUT2D eigenvalue weighted by Crippen LogP contribution is -2.23. The van der Waals surface area contributed by atoms with Gasteiger partial charge in [0.1, 0.15) is 0 Å². The smallest absolute Gasteiger partial charge is 0.337 e. The molecule has 7 heteroatoms. The van der Waals surface area contributed by atoms with Crippen LogP contribution in [0.3, 0.4) is 0 Å². The van der Waals surface area contributed by atoms with Gasteiger partial charge in [-0.05, 0) is 36.3 Å². The Bertz CT molecular complexity index is 1260. The Morgan fingerprint density at radius 3 is 2.56 bits per heavy atom. The Kier molecular flexibility index (Phi) is 4.29. The molecule has 0 saturated carbocycles. The third-order valence-electron chi connectivity index (χ3n) is 4.20. The van der Waals surface area contributed by atoms with Gasteiger partial charge in [-0.1, -0.05) is 47.7 Å². The summed E-state index contributed by atoms with van der Waals surface area (Å²) in [5.74, 6) is 0.152. The Balaban J connectivity index is 1.74. The molecule has 2 aromatic carbocycles. The van der Waals surface area contributed by atoms with Crippen LogP contribution in [-0.2, 0) is 4.74 Å². The van der Waals surface area contributed by atoms with Crippen molar-refractivity contribution in [3.05, 3.63) is 80.1 Å². The van der Waals surface area contributed by atoms with Crippen molar-refractivity contribution in [1.82, 2.24) is 14.6 Å². The zero-order valence-corrected chi connectivity index (χ0v) is 15.5. The van der Waals surface area contributed by atoms with E-state index in [-0.39, 0.29) is 5.56 Å². The fourth-order valence-corrected chi connectivity index (χ4v) is 3.66. The lowest BCUT2D eigenvalue weighted by atomic mass is 10.1. The van der Waals surface area contributed by atoms with E-state index in [1.54, 1.807) is 30.3 Å². The van der Waals surface area contributed by atoms with Gasteiger partial charge in [-0.25, -0.2) is 4.79 Å². The van der Waals surface area contributed by atoms with Crippen LogP contribution in [0, 0.1) is 6.92 Å². The molecular formula is C20H15N3O3S. The maximum absolute atomic E-state index is 12.6. The summed E-state index contributed by atoms with van der Waals surface area (Å²) < 4.78 is 6.55. The van der Waals surface area contributed by atoms with E-state index < -0.39 is 5.97 Å². The van der Waals surface area contributed by atoms with Gasteiger partial charge >= 0.3 is 5.97 Å². The van der Waals surface area contributed by atoms with Crippen LogP contribution in [0.15, 0.2) is 53.3 Å². The summed E-state index contributed by atoms with van der Waals surface area (Å²) >= 11 is 1.28. The number of benzene rings is 2. The highest BCUT2D eigenvalue weighted by molar-refractivity contribution is 7.15. The molecule has 0 saturated heterocycles. The third kappa shape index (κ3) is 3.13. The minimum absolute atomic E-state index is 0.209. The summed E-state index contributed by atoms with van der Waals surface area (Å²) in [6.45, 7) is 1.99. The van der Waals surface area contributed by atoms with Crippen molar-refractivity contribution < 1.29 is 9.53 Å². The van der Waals surface area contributed by atoms with Crippen LogP contribution < -0.4 is 10.1 Å². The molecule has 0 unspecified atom stereocenters. The second-order valence-electron chi connectivity index (χ2n) is 5.97. The first-order chi connectivity index (χ1) is 13.1. The zero-order valence-electron chi connectivity index (χ0n) is 14.7. The Morgan fingerprint density at radius 2 is 1.89 bits per heavy atom. The Morgan fingerprint density at radius 1 is 1.15 bits per heavy atom. The summed E-state index contributed by atoms with van der Waals surface area (Å²) in [6, 6.07) is 14.7. The fourth-order valence-electron chi connectivity index (χ4n) is 2.76. The molecule has 0 spiro atoms. The van der Waals surface area contributed by atoms with E-state index in [0.29, 0.717) is 20.9 Å². The molecule has 27 heavy (non-hydrogen) atoms. The molecule has 4 aromatic rings. The molecule has 0 bridgehead atoms. The lowest BCUT2D eigenvalue weighted by molar-refractivity contribution is 0.0600. The van der Waals surface area contributed by atoms with Gasteiger partial charge in [0.15, 0.2) is 5.82 Å². The molecule has 0 radical (unpaired) electrons. The fraction of sp³-hybridized carbons (Fsp3) is 0.100. The number of hydrogen-bond acceptors (Lipinski definition) is 6. The number of methoxy groups -OCH3 is 1. The number of carbonyl (C=O) groups excluding carboxylic acids is 1. The number of esters is 1. The third-order valence-corrected chi connectivity index (χ3v) is 5.16. The number of ether oxygens (including phenoxy) is 1. The van der Waals surface area contributed by atoms with Gasteiger partial charge in [-0.2, -0.15) is 9.50 Å². The molecule has 2 aromatic heterocycles. The molecule has 2 heterocycles. The molecule has 0 N–H and O–H groups in total. The average molecular weight is 377 g/mol. The zero-order chi connectivity index (χ0) is 19.0. The molecular weight excluding hydrogens is 362 g/mol. The number of fused-ring (bicyclic) bond motifs is 1.